The predicted molar refractivity (Wildman–Crippen MR) is 88.1 cm³/mol. The molecule has 0 bridgehead atoms. The fourth-order valence-corrected chi connectivity index (χ4v) is 1.70. The van der Waals surface area contributed by atoms with Crippen LogP contribution in [0.2, 0.25) is 0 Å². The summed E-state index contributed by atoms with van der Waals surface area (Å²) in [6.07, 6.45) is 3.53. The summed E-state index contributed by atoms with van der Waals surface area (Å²) in [6.45, 7) is 5.30. The Kier molecular flexibility index (Phi) is 7.98. The molecule has 0 heterocycles. The van der Waals surface area contributed by atoms with Crippen molar-refractivity contribution >= 4 is 24.3 Å². The number of ether oxygens (including phenoxy) is 3. The lowest BCUT2D eigenvalue weighted by molar-refractivity contribution is -0.146. The Morgan fingerprint density at radius 1 is 1.00 bits per heavy atom. The zero-order valence-electron chi connectivity index (χ0n) is 13.9. The molecule has 0 amide bonds. The maximum Gasteiger partial charge on any atom is 0.345 e. The maximum atomic E-state index is 11.9. The van der Waals surface area contributed by atoms with Gasteiger partial charge in [-0.05, 0) is 50.6 Å². The second kappa shape index (κ2) is 9.99. The molecule has 0 aromatic heterocycles. The number of allylic oxidation sites excluding steroid dienone is 2. The van der Waals surface area contributed by atoms with Crippen molar-refractivity contribution in [2.75, 3.05) is 13.2 Å². The molecule has 1 aromatic rings. The maximum absolute atomic E-state index is 11.9. The van der Waals surface area contributed by atoms with Crippen LogP contribution >= 0.6 is 0 Å². The lowest BCUT2D eigenvalue weighted by Crippen LogP contribution is -2.18. The molecular formula is C18H20O6. The summed E-state index contributed by atoms with van der Waals surface area (Å²) < 4.78 is 15.1. The van der Waals surface area contributed by atoms with E-state index in [4.69, 9.17) is 14.2 Å². The molecule has 0 saturated carbocycles. The lowest BCUT2D eigenvalue weighted by Gasteiger charge is -2.07. The van der Waals surface area contributed by atoms with Gasteiger partial charge in [0.05, 0.1) is 13.2 Å². The molecule has 6 nitrogen and oxygen atoms in total. The molecule has 0 N–H and O–H groups in total. The summed E-state index contributed by atoms with van der Waals surface area (Å²) in [6, 6.07) is 6.53. The first-order valence-electron chi connectivity index (χ1n) is 7.51. The molecular weight excluding hydrogens is 312 g/mol. The predicted octanol–water partition coefficient (Wildman–Crippen LogP) is 2.68. The number of carbonyl (C=O) groups excluding carboxylic acids is 3. The van der Waals surface area contributed by atoms with E-state index in [9.17, 15) is 14.4 Å². The number of hydrogen-bond donors (Lipinski definition) is 0. The number of aldehydes is 1. The third kappa shape index (κ3) is 5.72. The summed E-state index contributed by atoms with van der Waals surface area (Å²) in [7, 11) is 0. The van der Waals surface area contributed by atoms with Crippen molar-refractivity contribution in [3.8, 4) is 5.75 Å². The highest BCUT2D eigenvalue weighted by Crippen LogP contribution is 2.17. The summed E-state index contributed by atoms with van der Waals surface area (Å²) in [5, 5.41) is 0. The van der Waals surface area contributed by atoms with E-state index in [0.29, 0.717) is 17.6 Å². The average Bonchev–Trinajstić information content (AvgIpc) is 2.59. The Morgan fingerprint density at radius 2 is 1.54 bits per heavy atom. The molecule has 6 heteroatoms. The van der Waals surface area contributed by atoms with Crippen LogP contribution in [0.4, 0.5) is 0 Å². The SMILES string of the molecule is CC=C(C=O)Oc1ccc(C=C(C(=O)OCC)C(=O)OCC)cc1. The molecule has 0 saturated heterocycles. The molecule has 128 valence electrons. The van der Waals surface area contributed by atoms with Crippen LogP contribution in [-0.4, -0.2) is 31.4 Å². The number of carbonyl (C=O) groups is 3. The Bertz CT molecular complexity index is 620. The molecule has 0 fully saturated rings. The summed E-state index contributed by atoms with van der Waals surface area (Å²) in [4.78, 5) is 34.5. The van der Waals surface area contributed by atoms with Crippen molar-refractivity contribution in [2.45, 2.75) is 20.8 Å². The van der Waals surface area contributed by atoms with Gasteiger partial charge in [-0.2, -0.15) is 0 Å². The quantitative estimate of drug-likeness (QED) is 0.182. The van der Waals surface area contributed by atoms with Crippen molar-refractivity contribution < 1.29 is 28.6 Å². The summed E-state index contributed by atoms with van der Waals surface area (Å²) >= 11 is 0. The van der Waals surface area contributed by atoms with Crippen LogP contribution in [0.25, 0.3) is 6.08 Å². The van der Waals surface area contributed by atoms with Gasteiger partial charge in [0.15, 0.2) is 12.0 Å². The molecule has 0 unspecified atom stereocenters. The van der Waals surface area contributed by atoms with Gasteiger partial charge >= 0.3 is 11.9 Å². The number of esters is 2. The second-order valence-electron chi connectivity index (χ2n) is 4.48. The zero-order chi connectivity index (χ0) is 17.9. The highest BCUT2D eigenvalue weighted by Gasteiger charge is 2.20. The molecule has 24 heavy (non-hydrogen) atoms. The fourth-order valence-electron chi connectivity index (χ4n) is 1.70. The van der Waals surface area contributed by atoms with Crippen molar-refractivity contribution in [1.29, 1.82) is 0 Å². The minimum absolute atomic E-state index is 0.153. The largest absolute Gasteiger partial charge is 0.462 e. The van der Waals surface area contributed by atoms with Gasteiger partial charge in [-0.1, -0.05) is 12.1 Å². The standard InChI is InChI=1S/C18H20O6/c1-4-14(12-19)24-15-9-7-13(8-10-15)11-16(17(20)22-5-2)18(21)23-6-3/h4,7-12H,5-6H2,1-3H3. The van der Waals surface area contributed by atoms with Crippen LogP contribution in [0.3, 0.4) is 0 Å². The number of benzene rings is 1. The van der Waals surface area contributed by atoms with Gasteiger partial charge in [-0.25, -0.2) is 9.59 Å². The van der Waals surface area contributed by atoms with E-state index in [1.165, 1.54) is 6.08 Å². The highest BCUT2D eigenvalue weighted by atomic mass is 16.6. The van der Waals surface area contributed by atoms with E-state index in [1.807, 2.05) is 0 Å². The van der Waals surface area contributed by atoms with Crippen LogP contribution in [0, 0.1) is 0 Å². The first kappa shape index (κ1) is 19.2. The Hall–Kier alpha value is -2.89. The highest BCUT2D eigenvalue weighted by molar-refractivity contribution is 6.17. The van der Waals surface area contributed by atoms with E-state index in [-0.39, 0.29) is 24.5 Å². The van der Waals surface area contributed by atoms with E-state index >= 15 is 0 Å². The number of hydrogen-bond acceptors (Lipinski definition) is 6. The third-order valence-corrected chi connectivity index (χ3v) is 2.82. The summed E-state index contributed by atoms with van der Waals surface area (Å²) in [5.74, 6) is -0.833. The van der Waals surface area contributed by atoms with Crippen LogP contribution in [0.15, 0.2) is 41.7 Å². The molecule has 1 aromatic carbocycles. The monoisotopic (exact) mass is 332 g/mol. The Labute approximate surface area is 140 Å². The molecule has 0 radical (unpaired) electrons. The molecule has 1 rings (SSSR count). The van der Waals surface area contributed by atoms with Crippen LogP contribution in [0.5, 0.6) is 5.75 Å². The van der Waals surface area contributed by atoms with E-state index in [0.717, 1.165) is 0 Å². The fraction of sp³-hybridized carbons (Fsp3) is 0.278. The molecule has 0 aliphatic heterocycles. The molecule has 0 atom stereocenters. The first-order valence-corrected chi connectivity index (χ1v) is 7.51. The Balaban J connectivity index is 3.02. The summed E-state index contributed by atoms with van der Waals surface area (Å²) in [5.41, 5.74) is 0.404. The van der Waals surface area contributed by atoms with Gasteiger partial charge in [-0.15, -0.1) is 0 Å². The molecule has 0 spiro atoms. The average molecular weight is 332 g/mol. The van der Waals surface area contributed by atoms with Gasteiger partial charge in [0.25, 0.3) is 0 Å². The van der Waals surface area contributed by atoms with E-state index < -0.39 is 11.9 Å². The minimum atomic E-state index is -0.742. The second-order valence-corrected chi connectivity index (χ2v) is 4.48. The smallest absolute Gasteiger partial charge is 0.345 e. The van der Waals surface area contributed by atoms with Gasteiger partial charge in [0, 0.05) is 0 Å². The number of rotatable bonds is 8. The van der Waals surface area contributed by atoms with Crippen molar-refractivity contribution in [1.82, 2.24) is 0 Å². The van der Waals surface area contributed by atoms with E-state index in [2.05, 4.69) is 0 Å². The van der Waals surface area contributed by atoms with Crippen molar-refractivity contribution in [3.63, 3.8) is 0 Å². The topological polar surface area (TPSA) is 78.9 Å². The minimum Gasteiger partial charge on any atom is -0.462 e. The van der Waals surface area contributed by atoms with Crippen LogP contribution < -0.4 is 4.74 Å². The van der Waals surface area contributed by atoms with Crippen LogP contribution in [0.1, 0.15) is 26.3 Å². The van der Waals surface area contributed by atoms with Gasteiger partial charge in [0.2, 0.25) is 0 Å². The Morgan fingerprint density at radius 3 is 1.96 bits per heavy atom. The third-order valence-electron chi connectivity index (χ3n) is 2.82. The normalized spacial score (nSPS) is 10.5. The van der Waals surface area contributed by atoms with Crippen molar-refractivity contribution in [3.05, 3.63) is 47.2 Å². The zero-order valence-corrected chi connectivity index (χ0v) is 13.9. The van der Waals surface area contributed by atoms with Gasteiger partial charge in [-0.3, -0.25) is 4.79 Å². The van der Waals surface area contributed by atoms with Crippen molar-refractivity contribution in [2.24, 2.45) is 0 Å². The van der Waals surface area contributed by atoms with Crippen LogP contribution in [-0.2, 0) is 23.9 Å². The lowest BCUT2D eigenvalue weighted by atomic mass is 10.1. The molecule has 0 aliphatic carbocycles. The van der Waals surface area contributed by atoms with Gasteiger partial charge in [0.1, 0.15) is 11.3 Å². The molecule has 0 aliphatic rings. The first-order chi connectivity index (χ1) is 11.5. The van der Waals surface area contributed by atoms with Gasteiger partial charge < -0.3 is 14.2 Å². The van der Waals surface area contributed by atoms with E-state index in [1.54, 1.807) is 51.1 Å².